The molecule has 1 fully saturated rings. The number of halogens is 3. The summed E-state index contributed by atoms with van der Waals surface area (Å²) in [5, 5.41) is 5.76. The summed E-state index contributed by atoms with van der Waals surface area (Å²) in [5.41, 5.74) is 5.51. The fourth-order valence-corrected chi connectivity index (χ4v) is 2.47. The predicted molar refractivity (Wildman–Crippen MR) is 65.2 cm³/mol. The highest BCUT2D eigenvalue weighted by molar-refractivity contribution is 5.11. The Bertz CT molecular complexity index is 405. The first-order valence-corrected chi connectivity index (χ1v) is 6.45. The maximum absolute atomic E-state index is 12.4. The van der Waals surface area contributed by atoms with Gasteiger partial charge in [0.1, 0.15) is 0 Å². The second-order valence-electron chi connectivity index (χ2n) is 5.25. The molecule has 0 amide bonds. The molecule has 1 atom stereocenters. The number of H-pyrrole nitrogens is 1. The number of nitrogens with one attached hydrogen (secondary N) is 1. The highest BCUT2D eigenvalue weighted by Gasteiger charge is 2.34. The van der Waals surface area contributed by atoms with Gasteiger partial charge < -0.3 is 5.73 Å². The molecule has 1 aliphatic rings. The van der Waals surface area contributed by atoms with Crippen molar-refractivity contribution in [2.45, 2.75) is 38.5 Å². The van der Waals surface area contributed by atoms with Gasteiger partial charge in [0.05, 0.1) is 0 Å². The number of nitrogens with zero attached hydrogens (tertiary/aromatic N) is 2. The van der Waals surface area contributed by atoms with Crippen LogP contribution in [-0.2, 0) is 12.7 Å². The van der Waals surface area contributed by atoms with Gasteiger partial charge in [-0.2, -0.15) is 18.3 Å². The molecule has 0 aliphatic carbocycles. The van der Waals surface area contributed by atoms with E-state index < -0.39 is 11.9 Å². The van der Waals surface area contributed by atoms with Gasteiger partial charge >= 0.3 is 6.18 Å². The van der Waals surface area contributed by atoms with Crippen molar-refractivity contribution < 1.29 is 13.2 Å². The fourth-order valence-electron chi connectivity index (χ4n) is 2.47. The number of likely N-dealkylation sites (tertiary alicyclic amines) is 1. The Hall–Kier alpha value is -1.08. The summed E-state index contributed by atoms with van der Waals surface area (Å²) >= 11 is 0. The maximum Gasteiger partial charge on any atom is 0.435 e. The molecule has 1 unspecified atom stereocenters. The lowest BCUT2D eigenvalue weighted by atomic mass is 9.91. The molecule has 2 heterocycles. The van der Waals surface area contributed by atoms with Crippen LogP contribution in [0, 0.1) is 5.92 Å². The number of piperidine rings is 1. The highest BCUT2D eigenvalue weighted by Crippen LogP contribution is 2.28. The van der Waals surface area contributed by atoms with Crippen molar-refractivity contribution in [3.05, 3.63) is 17.5 Å². The predicted octanol–water partition coefficient (Wildman–Crippen LogP) is 1.99. The van der Waals surface area contributed by atoms with E-state index in [9.17, 15) is 13.2 Å². The summed E-state index contributed by atoms with van der Waals surface area (Å²) in [4.78, 5) is 2.13. The summed E-state index contributed by atoms with van der Waals surface area (Å²) in [6.07, 6.45) is -2.38. The number of nitrogens with two attached hydrogens (primary N) is 1. The Labute approximate surface area is 110 Å². The lowest BCUT2D eigenvalue weighted by Gasteiger charge is -2.33. The van der Waals surface area contributed by atoms with Gasteiger partial charge in [0.25, 0.3) is 0 Å². The van der Waals surface area contributed by atoms with Crippen LogP contribution in [0.25, 0.3) is 0 Å². The van der Waals surface area contributed by atoms with Crippen molar-refractivity contribution in [3.8, 4) is 0 Å². The van der Waals surface area contributed by atoms with Crippen LogP contribution in [0.3, 0.4) is 0 Å². The molecule has 0 aromatic carbocycles. The fraction of sp³-hybridized carbons (Fsp3) is 0.750. The van der Waals surface area contributed by atoms with Gasteiger partial charge in [-0.05, 0) is 44.8 Å². The summed E-state index contributed by atoms with van der Waals surface area (Å²) < 4.78 is 37.2. The van der Waals surface area contributed by atoms with Crippen LogP contribution >= 0.6 is 0 Å². The van der Waals surface area contributed by atoms with Gasteiger partial charge in [-0.25, -0.2) is 0 Å². The second-order valence-corrected chi connectivity index (χ2v) is 5.25. The summed E-state index contributed by atoms with van der Waals surface area (Å²) in [6, 6.07) is 1.27. The lowest BCUT2D eigenvalue weighted by Crippen LogP contribution is -2.39. The summed E-state index contributed by atoms with van der Waals surface area (Å²) in [7, 11) is 0. The number of hydrogen-bond acceptors (Lipinski definition) is 3. The van der Waals surface area contributed by atoms with Crippen molar-refractivity contribution in [3.63, 3.8) is 0 Å². The third-order valence-electron chi connectivity index (χ3n) is 3.69. The molecule has 0 spiro atoms. The van der Waals surface area contributed by atoms with Crippen LogP contribution in [-0.4, -0.2) is 34.2 Å². The normalized spacial score (nSPS) is 20.7. The molecule has 0 radical (unpaired) electrons. The smallest absolute Gasteiger partial charge is 0.328 e. The van der Waals surface area contributed by atoms with Crippen LogP contribution < -0.4 is 5.73 Å². The molecule has 1 saturated heterocycles. The zero-order valence-corrected chi connectivity index (χ0v) is 10.9. The van der Waals surface area contributed by atoms with E-state index in [0.717, 1.165) is 32.0 Å². The molecule has 108 valence electrons. The number of hydrogen-bond donors (Lipinski definition) is 2. The van der Waals surface area contributed by atoms with E-state index in [0.29, 0.717) is 18.2 Å². The van der Waals surface area contributed by atoms with Gasteiger partial charge in [0.2, 0.25) is 0 Å². The molecule has 4 nitrogen and oxygen atoms in total. The molecule has 0 bridgehead atoms. The molecule has 7 heteroatoms. The van der Waals surface area contributed by atoms with Crippen LogP contribution in [0.2, 0.25) is 0 Å². The SMILES string of the molecule is CC(N)C1CCN(Cc2cc(C(F)(F)F)n[nH]2)CC1. The Kier molecular flexibility index (Phi) is 4.15. The van der Waals surface area contributed by atoms with Crippen LogP contribution in [0.4, 0.5) is 13.2 Å². The van der Waals surface area contributed by atoms with Gasteiger partial charge in [0.15, 0.2) is 5.69 Å². The van der Waals surface area contributed by atoms with Gasteiger partial charge in [-0.15, -0.1) is 0 Å². The number of aromatic amines is 1. The molecule has 1 aliphatic heterocycles. The van der Waals surface area contributed by atoms with Crippen LogP contribution in [0.15, 0.2) is 6.07 Å². The molecule has 1 aromatic rings. The topological polar surface area (TPSA) is 57.9 Å². The second kappa shape index (κ2) is 5.50. The number of rotatable bonds is 3. The third kappa shape index (κ3) is 3.70. The van der Waals surface area contributed by atoms with E-state index in [-0.39, 0.29) is 6.04 Å². The molecule has 0 saturated carbocycles. The van der Waals surface area contributed by atoms with Crippen molar-refractivity contribution >= 4 is 0 Å². The monoisotopic (exact) mass is 276 g/mol. The first-order chi connectivity index (χ1) is 8.86. The quantitative estimate of drug-likeness (QED) is 0.887. The average molecular weight is 276 g/mol. The first-order valence-electron chi connectivity index (χ1n) is 6.45. The standard InChI is InChI=1S/C12H19F3N4/c1-8(16)9-2-4-19(5-3-9)7-10-6-11(18-17-10)12(13,14)15/h6,8-9H,2-5,7,16H2,1H3,(H,17,18). The Balaban J connectivity index is 1.87. The molecular weight excluding hydrogens is 257 g/mol. The van der Waals surface area contributed by atoms with Crippen LogP contribution in [0.5, 0.6) is 0 Å². The minimum atomic E-state index is -4.38. The molecule has 19 heavy (non-hydrogen) atoms. The lowest BCUT2D eigenvalue weighted by molar-refractivity contribution is -0.141. The number of aromatic nitrogens is 2. The van der Waals surface area contributed by atoms with Gasteiger partial charge in [0, 0.05) is 18.3 Å². The van der Waals surface area contributed by atoms with Crippen molar-refractivity contribution in [1.82, 2.24) is 15.1 Å². The minimum absolute atomic E-state index is 0.186. The van der Waals surface area contributed by atoms with Crippen molar-refractivity contribution in [2.24, 2.45) is 11.7 Å². The van der Waals surface area contributed by atoms with Crippen LogP contribution in [0.1, 0.15) is 31.2 Å². The zero-order chi connectivity index (χ0) is 14.0. The Morgan fingerprint density at radius 3 is 2.58 bits per heavy atom. The molecule has 1 aromatic heterocycles. The molecule has 2 rings (SSSR count). The third-order valence-corrected chi connectivity index (χ3v) is 3.69. The average Bonchev–Trinajstić information content (AvgIpc) is 2.78. The molecule has 3 N–H and O–H groups in total. The molecular formula is C12H19F3N4. The largest absolute Gasteiger partial charge is 0.435 e. The van der Waals surface area contributed by atoms with Gasteiger partial charge in [-0.3, -0.25) is 10.00 Å². The van der Waals surface area contributed by atoms with E-state index >= 15 is 0 Å². The van der Waals surface area contributed by atoms with E-state index in [4.69, 9.17) is 5.73 Å². The maximum atomic E-state index is 12.4. The summed E-state index contributed by atoms with van der Waals surface area (Å²) in [6.45, 7) is 4.22. The number of alkyl halides is 3. The van der Waals surface area contributed by atoms with Crippen molar-refractivity contribution in [1.29, 1.82) is 0 Å². The van der Waals surface area contributed by atoms with E-state index in [1.807, 2.05) is 6.92 Å². The van der Waals surface area contributed by atoms with E-state index in [1.54, 1.807) is 0 Å². The highest BCUT2D eigenvalue weighted by atomic mass is 19.4. The first kappa shape index (κ1) is 14.3. The van der Waals surface area contributed by atoms with Crippen molar-refractivity contribution in [2.75, 3.05) is 13.1 Å². The zero-order valence-electron chi connectivity index (χ0n) is 10.9. The Morgan fingerprint density at radius 2 is 2.11 bits per heavy atom. The Morgan fingerprint density at radius 1 is 1.47 bits per heavy atom. The van der Waals surface area contributed by atoms with E-state index in [1.165, 1.54) is 0 Å². The summed E-state index contributed by atoms with van der Waals surface area (Å²) in [5.74, 6) is 0.517. The minimum Gasteiger partial charge on any atom is -0.328 e. The van der Waals surface area contributed by atoms with E-state index in [2.05, 4.69) is 15.1 Å². The van der Waals surface area contributed by atoms with Gasteiger partial charge in [-0.1, -0.05) is 0 Å².